The van der Waals surface area contributed by atoms with Crippen LogP contribution in [0.5, 0.6) is 11.5 Å². The van der Waals surface area contributed by atoms with Gasteiger partial charge in [0.05, 0.1) is 30.4 Å². The van der Waals surface area contributed by atoms with Crippen LogP contribution in [0.15, 0.2) is 42.6 Å². The maximum atomic E-state index is 12.7. The molecule has 0 atom stereocenters. The van der Waals surface area contributed by atoms with E-state index in [9.17, 15) is 4.79 Å². The Labute approximate surface area is 186 Å². The molecule has 0 aliphatic carbocycles. The molecule has 6 nitrogen and oxygen atoms in total. The fourth-order valence-corrected chi connectivity index (χ4v) is 4.37. The Kier molecular flexibility index (Phi) is 5.55. The highest BCUT2D eigenvalue weighted by Crippen LogP contribution is 2.38. The van der Waals surface area contributed by atoms with Crippen LogP contribution in [0.2, 0.25) is 5.02 Å². The van der Waals surface area contributed by atoms with E-state index in [0.717, 1.165) is 47.7 Å². The van der Waals surface area contributed by atoms with Crippen molar-refractivity contribution in [1.82, 2.24) is 9.55 Å². The number of rotatable bonds is 4. The molecule has 0 unspecified atom stereocenters. The topological polar surface area (TPSA) is 65.4 Å². The van der Waals surface area contributed by atoms with Gasteiger partial charge in [0.25, 0.3) is 0 Å². The standard InChI is InChI=1S/C24H24ClN3O3/c25-19-11-16(12-21-24(19)31-10-4-9-30-21)13-23(29)26-18-6-3-5-17(14-18)20-15-28-8-2-1-7-22(28)27-20/h3,5-6,11-12,14-15H,1-2,4,7-10,13H2,(H,26,29). The van der Waals surface area contributed by atoms with E-state index in [1.807, 2.05) is 30.3 Å². The van der Waals surface area contributed by atoms with Gasteiger partial charge < -0.3 is 19.4 Å². The van der Waals surface area contributed by atoms with Gasteiger partial charge in [0.2, 0.25) is 5.91 Å². The zero-order valence-corrected chi connectivity index (χ0v) is 18.0. The number of imidazole rings is 1. The van der Waals surface area contributed by atoms with Crippen LogP contribution in [0.4, 0.5) is 5.69 Å². The molecule has 0 spiro atoms. The largest absolute Gasteiger partial charge is 0.489 e. The molecule has 0 radical (unpaired) electrons. The number of anilines is 1. The second-order valence-electron chi connectivity index (χ2n) is 7.95. The zero-order valence-electron chi connectivity index (χ0n) is 17.2. The molecular weight excluding hydrogens is 414 g/mol. The van der Waals surface area contributed by atoms with Crippen LogP contribution in [0.25, 0.3) is 11.3 Å². The summed E-state index contributed by atoms with van der Waals surface area (Å²) in [4.78, 5) is 17.5. The van der Waals surface area contributed by atoms with Gasteiger partial charge >= 0.3 is 0 Å². The van der Waals surface area contributed by atoms with E-state index < -0.39 is 0 Å². The van der Waals surface area contributed by atoms with E-state index in [0.29, 0.717) is 29.7 Å². The third-order valence-electron chi connectivity index (χ3n) is 5.58. The first-order valence-corrected chi connectivity index (χ1v) is 11.1. The van der Waals surface area contributed by atoms with E-state index in [4.69, 9.17) is 26.1 Å². The van der Waals surface area contributed by atoms with E-state index in [-0.39, 0.29) is 12.3 Å². The quantitative estimate of drug-likeness (QED) is 0.631. The third-order valence-corrected chi connectivity index (χ3v) is 5.86. The normalized spacial score (nSPS) is 15.1. The molecule has 3 aromatic rings. The summed E-state index contributed by atoms with van der Waals surface area (Å²) < 4.78 is 13.6. The molecule has 1 N–H and O–H groups in total. The molecule has 0 saturated heterocycles. The number of hydrogen-bond donors (Lipinski definition) is 1. The highest BCUT2D eigenvalue weighted by atomic mass is 35.5. The number of aromatic nitrogens is 2. The van der Waals surface area contributed by atoms with Gasteiger partial charge in [-0.3, -0.25) is 4.79 Å². The van der Waals surface area contributed by atoms with Crippen LogP contribution in [0.3, 0.4) is 0 Å². The van der Waals surface area contributed by atoms with Crippen LogP contribution in [-0.2, 0) is 24.2 Å². The first kappa shape index (κ1) is 19.9. The molecular formula is C24H24ClN3O3. The number of halogens is 1. The summed E-state index contributed by atoms with van der Waals surface area (Å²) in [6, 6.07) is 11.4. The fraction of sp³-hybridized carbons (Fsp3) is 0.333. The Morgan fingerprint density at radius 3 is 2.94 bits per heavy atom. The van der Waals surface area contributed by atoms with Crippen molar-refractivity contribution in [3.05, 3.63) is 59.0 Å². The molecule has 0 bridgehead atoms. The number of nitrogens with one attached hydrogen (secondary N) is 1. The van der Waals surface area contributed by atoms with Crippen LogP contribution in [-0.4, -0.2) is 28.7 Å². The van der Waals surface area contributed by atoms with Crippen molar-refractivity contribution in [1.29, 1.82) is 0 Å². The average molecular weight is 438 g/mol. The van der Waals surface area contributed by atoms with Gasteiger partial charge in [-0.15, -0.1) is 0 Å². The van der Waals surface area contributed by atoms with Crippen molar-refractivity contribution in [2.45, 2.75) is 38.6 Å². The number of nitrogens with zero attached hydrogens (tertiary/aromatic N) is 2. The van der Waals surface area contributed by atoms with E-state index in [1.165, 1.54) is 12.8 Å². The highest BCUT2D eigenvalue weighted by Gasteiger charge is 2.17. The van der Waals surface area contributed by atoms with Gasteiger partial charge in [0.15, 0.2) is 11.5 Å². The average Bonchev–Trinajstić information content (AvgIpc) is 3.05. The number of benzene rings is 2. The van der Waals surface area contributed by atoms with Crippen molar-refractivity contribution in [2.75, 3.05) is 18.5 Å². The van der Waals surface area contributed by atoms with Gasteiger partial charge in [0.1, 0.15) is 5.82 Å². The molecule has 160 valence electrons. The molecule has 1 aromatic heterocycles. The van der Waals surface area contributed by atoms with Gasteiger partial charge in [-0.25, -0.2) is 4.98 Å². The molecule has 0 fully saturated rings. The molecule has 1 amide bonds. The molecule has 2 aliphatic heterocycles. The molecule has 5 rings (SSSR count). The van der Waals surface area contributed by atoms with Gasteiger partial charge in [-0.2, -0.15) is 0 Å². The number of amides is 1. The molecule has 7 heteroatoms. The summed E-state index contributed by atoms with van der Waals surface area (Å²) in [5.41, 5.74) is 3.47. The molecule has 31 heavy (non-hydrogen) atoms. The Balaban J connectivity index is 1.30. The van der Waals surface area contributed by atoms with Crippen molar-refractivity contribution < 1.29 is 14.3 Å². The lowest BCUT2D eigenvalue weighted by Gasteiger charge is -2.12. The molecule has 2 aromatic carbocycles. The lowest BCUT2D eigenvalue weighted by atomic mass is 10.1. The van der Waals surface area contributed by atoms with Crippen LogP contribution >= 0.6 is 11.6 Å². The minimum atomic E-state index is -0.119. The predicted octanol–water partition coefficient (Wildman–Crippen LogP) is 4.88. The van der Waals surface area contributed by atoms with Gasteiger partial charge in [0, 0.05) is 36.8 Å². The Hall–Kier alpha value is -2.99. The first-order chi connectivity index (χ1) is 15.2. The fourth-order valence-electron chi connectivity index (χ4n) is 4.08. The number of aryl methyl sites for hydroxylation is 2. The lowest BCUT2D eigenvalue weighted by molar-refractivity contribution is -0.115. The highest BCUT2D eigenvalue weighted by molar-refractivity contribution is 6.32. The SMILES string of the molecule is O=C(Cc1cc(Cl)c2c(c1)OCCCO2)Nc1cccc(-c2cn3c(n2)CCCC3)c1. The van der Waals surface area contributed by atoms with Crippen molar-refractivity contribution in [2.24, 2.45) is 0 Å². The van der Waals surface area contributed by atoms with Gasteiger partial charge in [-0.1, -0.05) is 23.7 Å². The predicted molar refractivity (Wildman–Crippen MR) is 120 cm³/mol. The van der Waals surface area contributed by atoms with Crippen molar-refractivity contribution in [3.8, 4) is 22.8 Å². The Bertz CT molecular complexity index is 1100. The number of hydrogen-bond acceptors (Lipinski definition) is 4. The Morgan fingerprint density at radius 2 is 2.03 bits per heavy atom. The first-order valence-electron chi connectivity index (χ1n) is 10.7. The smallest absolute Gasteiger partial charge is 0.228 e. The zero-order chi connectivity index (χ0) is 21.2. The Morgan fingerprint density at radius 1 is 1.13 bits per heavy atom. The minimum Gasteiger partial charge on any atom is -0.489 e. The van der Waals surface area contributed by atoms with Crippen LogP contribution in [0.1, 0.15) is 30.7 Å². The van der Waals surface area contributed by atoms with E-state index >= 15 is 0 Å². The number of carbonyl (C=O) groups is 1. The second kappa shape index (κ2) is 8.63. The number of fused-ring (bicyclic) bond motifs is 2. The lowest BCUT2D eigenvalue weighted by Crippen LogP contribution is -2.14. The minimum absolute atomic E-state index is 0.119. The molecule has 3 heterocycles. The van der Waals surface area contributed by atoms with Crippen LogP contribution < -0.4 is 14.8 Å². The van der Waals surface area contributed by atoms with E-state index in [1.54, 1.807) is 6.07 Å². The summed E-state index contributed by atoms with van der Waals surface area (Å²) in [7, 11) is 0. The van der Waals surface area contributed by atoms with Gasteiger partial charge in [-0.05, 0) is 42.7 Å². The third kappa shape index (κ3) is 4.39. The number of ether oxygens (including phenoxy) is 2. The monoisotopic (exact) mass is 437 g/mol. The summed E-state index contributed by atoms with van der Waals surface area (Å²) in [5.74, 6) is 2.17. The van der Waals surface area contributed by atoms with Crippen LogP contribution in [0, 0.1) is 0 Å². The van der Waals surface area contributed by atoms with Crippen molar-refractivity contribution >= 4 is 23.2 Å². The van der Waals surface area contributed by atoms with Crippen molar-refractivity contribution in [3.63, 3.8) is 0 Å². The maximum Gasteiger partial charge on any atom is 0.228 e. The maximum absolute atomic E-state index is 12.7. The molecule has 2 aliphatic rings. The van der Waals surface area contributed by atoms with E-state index in [2.05, 4.69) is 16.1 Å². The summed E-state index contributed by atoms with van der Waals surface area (Å²) in [6.45, 7) is 2.17. The summed E-state index contributed by atoms with van der Waals surface area (Å²) >= 11 is 6.35. The molecule has 0 saturated carbocycles. The summed E-state index contributed by atoms with van der Waals surface area (Å²) in [5, 5.41) is 3.45. The number of carbonyl (C=O) groups excluding carboxylic acids is 1. The second-order valence-corrected chi connectivity index (χ2v) is 8.36. The summed E-state index contributed by atoms with van der Waals surface area (Å²) in [6.07, 6.45) is 6.51.